The van der Waals surface area contributed by atoms with Gasteiger partial charge >= 0.3 is 5.76 Å². The third-order valence-electron chi connectivity index (χ3n) is 4.48. The number of carbonyl (C=O) groups is 2. The number of amides is 2. The number of non-ortho nitro benzene ring substituents is 1. The molecule has 29 heavy (non-hydrogen) atoms. The van der Waals surface area contributed by atoms with Crippen LogP contribution in [-0.2, 0) is 11.3 Å². The number of hydrogen-bond acceptors (Lipinski definition) is 6. The highest BCUT2D eigenvalue weighted by Gasteiger charge is 2.24. The summed E-state index contributed by atoms with van der Waals surface area (Å²) in [4.78, 5) is 47.0. The van der Waals surface area contributed by atoms with E-state index in [-0.39, 0.29) is 28.7 Å². The predicted octanol–water partition coefficient (Wildman–Crippen LogP) is 2.03. The van der Waals surface area contributed by atoms with E-state index in [0.29, 0.717) is 11.3 Å². The Kier molecular flexibility index (Phi) is 4.59. The normalized spacial score (nSPS) is 13.2. The van der Waals surface area contributed by atoms with E-state index in [1.165, 1.54) is 24.3 Å². The van der Waals surface area contributed by atoms with Gasteiger partial charge in [-0.2, -0.15) is 0 Å². The summed E-state index contributed by atoms with van der Waals surface area (Å²) in [6.45, 7) is -0.397. The molecule has 0 bridgehead atoms. The zero-order valence-electron chi connectivity index (χ0n) is 15.1. The lowest BCUT2D eigenvalue weighted by Crippen LogP contribution is -2.26. The third-order valence-corrected chi connectivity index (χ3v) is 4.48. The molecule has 4 rings (SSSR count). The molecular formula is C19H16N4O6. The zero-order valence-corrected chi connectivity index (χ0v) is 15.1. The highest BCUT2D eigenvalue weighted by atomic mass is 16.6. The average Bonchev–Trinajstić information content (AvgIpc) is 3.45. The first-order valence-electron chi connectivity index (χ1n) is 8.89. The van der Waals surface area contributed by atoms with Crippen molar-refractivity contribution >= 4 is 34.3 Å². The van der Waals surface area contributed by atoms with Crippen molar-refractivity contribution in [2.45, 2.75) is 25.4 Å². The van der Waals surface area contributed by atoms with Gasteiger partial charge in [-0.1, -0.05) is 6.07 Å². The molecule has 1 heterocycles. The van der Waals surface area contributed by atoms with Crippen molar-refractivity contribution in [3.05, 3.63) is 68.7 Å². The summed E-state index contributed by atoms with van der Waals surface area (Å²) < 4.78 is 6.05. The van der Waals surface area contributed by atoms with Crippen LogP contribution in [0.3, 0.4) is 0 Å². The molecule has 1 aliphatic rings. The number of rotatable bonds is 6. The number of fused-ring (bicyclic) bond motifs is 1. The maximum atomic E-state index is 12.4. The van der Waals surface area contributed by atoms with Crippen molar-refractivity contribution in [3.63, 3.8) is 0 Å². The van der Waals surface area contributed by atoms with Crippen LogP contribution in [0.15, 0.2) is 51.7 Å². The summed E-state index contributed by atoms with van der Waals surface area (Å²) in [6, 6.07) is 10.4. The van der Waals surface area contributed by atoms with Crippen molar-refractivity contribution in [3.8, 4) is 0 Å². The molecule has 10 nitrogen and oxygen atoms in total. The number of oxazole rings is 1. The van der Waals surface area contributed by atoms with Gasteiger partial charge in [0.2, 0.25) is 5.91 Å². The van der Waals surface area contributed by atoms with Gasteiger partial charge in [0, 0.05) is 29.4 Å². The van der Waals surface area contributed by atoms with Gasteiger partial charge in [-0.3, -0.25) is 24.3 Å². The second-order valence-corrected chi connectivity index (χ2v) is 6.74. The molecule has 3 aromatic rings. The van der Waals surface area contributed by atoms with Gasteiger partial charge in [-0.05, 0) is 37.1 Å². The van der Waals surface area contributed by atoms with Crippen LogP contribution in [0.1, 0.15) is 23.2 Å². The van der Waals surface area contributed by atoms with E-state index in [9.17, 15) is 24.5 Å². The molecule has 2 aromatic carbocycles. The molecule has 1 aromatic heterocycles. The van der Waals surface area contributed by atoms with Crippen LogP contribution in [0.25, 0.3) is 11.1 Å². The molecule has 148 valence electrons. The number of nitro groups is 1. The van der Waals surface area contributed by atoms with Crippen molar-refractivity contribution in [2.24, 2.45) is 0 Å². The minimum absolute atomic E-state index is 0.146. The lowest BCUT2D eigenvalue weighted by molar-refractivity contribution is -0.384. The Bertz CT molecular complexity index is 1190. The first-order chi connectivity index (χ1) is 13.9. The first kappa shape index (κ1) is 18.4. The molecule has 0 saturated heterocycles. The van der Waals surface area contributed by atoms with Crippen LogP contribution >= 0.6 is 0 Å². The maximum absolute atomic E-state index is 12.4. The van der Waals surface area contributed by atoms with Crippen LogP contribution in [0.4, 0.5) is 11.4 Å². The highest BCUT2D eigenvalue weighted by molar-refractivity contribution is 5.97. The van der Waals surface area contributed by atoms with E-state index in [0.717, 1.165) is 17.4 Å². The number of anilines is 1. The second kappa shape index (κ2) is 7.23. The molecule has 1 aliphatic carbocycles. The van der Waals surface area contributed by atoms with Gasteiger partial charge < -0.3 is 15.1 Å². The lowest BCUT2D eigenvalue weighted by Gasteiger charge is -2.08. The molecular weight excluding hydrogens is 380 g/mol. The Balaban J connectivity index is 1.52. The van der Waals surface area contributed by atoms with Gasteiger partial charge in [-0.25, -0.2) is 4.79 Å². The third kappa shape index (κ3) is 4.00. The number of benzene rings is 2. The fraction of sp³-hybridized carbons (Fsp3) is 0.211. The molecule has 0 radical (unpaired) electrons. The topological polar surface area (TPSA) is 136 Å². The number of aromatic nitrogens is 1. The SMILES string of the molecule is O=C(Cn1c(=O)oc2ccc([N+](=O)[O-])cc21)Nc1cccc(C(=O)NC2CC2)c1. The Morgan fingerprint density at radius 1 is 1.21 bits per heavy atom. The fourth-order valence-corrected chi connectivity index (χ4v) is 2.89. The Morgan fingerprint density at radius 3 is 2.72 bits per heavy atom. The molecule has 0 aliphatic heterocycles. The summed E-state index contributed by atoms with van der Waals surface area (Å²) >= 11 is 0. The molecule has 1 fully saturated rings. The van der Waals surface area contributed by atoms with Gasteiger partial charge in [-0.15, -0.1) is 0 Å². The standard InChI is InChI=1S/C19H16N4O6/c24-17(20-13-3-1-2-11(8-13)18(25)21-12-4-5-12)10-22-15-9-14(23(27)28)6-7-16(15)29-19(22)26/h1-3,6-9,12H,4-5,10H2,(H,20,24)(H,21,25). The van der Waals surface area contributed by atoms with Crippen LogP contribution < -0.4 is 16.4 Å². The van der Waals surface area contributed by atoms with Crippen LogP contribution in [0, 0.1) is 10.1 Å². The van der Waals surface area contributed by atoms with Gasteiger partial charge in [0.05, 0.1) is 10.4 Å². The minimum atomic E-state index is -0.798. The van der Waals surface area contributed by atoms with Crippen molar-refractivity contribution in [1.29, 1.82) is 0 Å². The molecule has 0 atom stereocenters. The summed E-state index contributed by atoms with van der Waals surface area (Å²) in [5.74, 6) is -1.55. The number of nitrogens with one attached hydrogen (secondary N) is 2. The maximum Gasteiger partial charge on any atom is 0.420 e. The lowest BCUT2D eigenvalue weighted by atomic mass is 10.2. The van der Waals surface area contributed by atoms with Crippen LogP contribution in [0.5, 0.6) is 0 Å². The quantitative estimate of drug-likeness (QED) is 0.483. The van der Waals surface area contributed by atoms with E-state index in [4.69, 9.17) is 4.42 Å². The first-order valence-corrected chi connectivity index (χ1v) is 8.89. The molecule has 10 heteroatoms. The van der Waals surface area contributed by atoms with E-state index < -0.39 is 23.1 Å². The molecule has 1 saturated carbocycles. The predicted molar refractivity (Wildman–Crippen MR) is 103 cm³/mol. The minimum Gasteiger partial charge on any atom is -0.408 e. The highest BCUT2D eigenvalue weighted by Crippen LogP contribution is 2.21. The van der Waals surface area contributed by atoms with Gasteiger partial charge in [0.25, 0.3) is 11.6 Å². The van der Waals surface area contributed by atoms with E-state index >= 15 is 0 Å². The summed E-state index contributed by atoms with van der Waals surface area (Å²) in [7, 11) is 0. The number of nitrogens with zero attached hydrogens (tertiary/aromatic N) is 2. The monoisotopic (exact) mass is 396 g/mol. The molecule has 0 spiro atoms. The summed E-state index contributed by atoms with van der Waals surface area (Å²) in [5.41, 5.74) is 0.882. The second-order valence-electron chi connectivity index (χ2n) is 6.74. The van der Waals surface area contributed by atoms with Crippen LogP contribution in [0.2, 0.25) is 0 Å². The van der Waals surface area contributed by atoms with Crippen LogP contribution in [-0.4, -0.2) is 27.3 Å². The number of carbonyl (C=O) groups excluding carboxylic acids is 2. The number of hydrogen-bond donors (Lipinski definition) is 2. The zero-order chi connectivity index (χ0) is 20.5. The van der Waals surface area contributed by atoms with Crippen molar-refractivity contribution in [2.75, 3.05) is 5.32 Å². The Labute approximate surface area is 163 Å². The summed E-state index contributed by atoms with van der Waals surface area (Å²) in [5, 5.41) is 16.4. The van der Waals surface area contributed by atoms with Gasteiger partial charge in [0.15, 0.2) is 5.58 Å². The summed E-state index contributed by atoms with van der Waals surface area (Å²) in [6.07, 6.45) is 1.93. The molecule has 2 amide bonds. The largest absolute Gasteiger partial charge is 0.420 e. The van der Waals surface area contributed by atoms with Crippen molar-refractivity contribution < 1.29 is 18.9 Å². The Hall–Kier alpha value is -3.95. The van der Waals surface area contributed by atoms with E-state index in [1.54, 1.807) is 18.2 Å². The van der Waals surface area contributed by atoms with Gasteiger partial charge in [0.1, 0.15) is 6.54 Å². The van der Waals surface area contributed by atoms with Crippen molar-refractivity contribution in [1.82, 2.24) is 9.88 Å². The Morgan fingerprint density at radius 2 is 2.00 bits per heavy atom. The molecule has 0 unspecified atom stereocenters. The number of nitro benzene ring substituents is 1. The molecule has 2 N–H and O–H groups in total. The fourth-order valence-electron chi connectivity index (χ4n) is 2.89. The smallest absolute Gasteiger partial charge is 0.408 e. The average molecular weight is 396 g/mol. The van der Waals surface area contributed by atoms with E-state index in [2.05, 4.69) is 10.6 Å². The van der Waals surface area contributed by atoms with E-state index in [1.807, 2.05) is 0 Å².